The number of hydrogen-bond donors (Lipinski definition) is 1. The molecule has 0 amide bonds. The molecule has 9 rings (SSSR count). The lowest BCUT2D eigenvalue weighted by Crippen LogP contribution is -2.00. The molecule has 0 bridgehead atoms. The van der Waals surface area contributed by atoms with Gasteiger partial charge >= 0.3 is 0 Å². The van der Waals surface area contributed by atoms with E-state index in [2.05, 4.69) is 168 Å². The molecule has 6 aromatic carbocycles. The quantitative estimate of drug-likeness (QED) is 0.213. The van der Waals surface area contributed by atoms with E-state index >= 15 is 0 Å². The highest BCUT2D eigenvalue weighted by Crippen LogP contribution is 2.42. The summed E-state index contributed by atoms with van der Waals surface area (Å²) >= 11 is 0. The van der Waals surface area contributed by atoms with E-state index < -0.39 is 0 Å². The molecular formula is C45H34N2. The lowest BCUT2D eigenvalue weighted by molar-refractivity contribution is 0.979. The van der Waals surface area contributed by atoms with Crippen molar-refractivity contribution in [3.8, 4) is 11.1 Å². The minimum absolute atomic E-state index is 0.750. The highest BCUT2D eigenvalue weighted by Gasteiger charge is 2.19. The van der Waals surface area contributed by atoms with Gasteiger partial charge in [0.05, 0.1) is 11.0 Å². The summed E-state index contributed by atoms with van der Waals surface area (Å²) in [5, 5.41) is 11.3. The molecule has 0 radical (unpaired) electrons. The van der Waals surface area contributed by atoms with Gasteiger partial charge in [0, 0.05) is 34.3 Å². The van der Waals surface area contributed by atoms with Gasteiger partial charge in [-0.3, -0.25) is 0 Å². The summed E-state index contributed by atoms with van der Waals surface area (Å²) in [5.74, 6) is 0. The number of rotatable bonds is 3. The molecule has 0 atom stereocenters. The zero-order valence-electron chi connectivity index (χ0n) is 26.2. The Morgan fingerprint density at radius 3 is 2.23 bits per heavy atom. The first-order valence-corrected chi connectivity index (χ1v) is 16.5. The molecule has 1 aliphatic heterocycles. The smallest absolute Gasteiger partial charge is 0.0550 e. The Morgan fingerprint density at radius 1 is 0.638 bits per heavy atom. The minimum Gasteiger partial charge on any atom is -0.381 e. The van der Waals surface area contributed by atoms with Crippen LogP contribution in [0.25, 0.3) is 71.3 Å². The van der Waals surface area contributed by atoms with Gasteiger partial charge in [-0.05, 0) is 98.6 Å². The summed E-state index contributed by atoms with van der Waals surface area (Å²) in [4.78, 5) is 0. The molecule has 224 valence electrons. The lowest BCUT2D eigenvalue weighted by Gasteiger charge is -2.16. The summed E-state index contributed by atoms with van der Waals surface area (Å²) in [6.07, 6.45) is 15.4. The molecule has 2 heteroatoms. The topological polar surface area (TPSA) is 17.0 Å². The van der Waals surface area contributed by atoms with Crippen LogP contribution in [0.15, 0.2) is 158 Å². The van der Waals surface area contributed by atoms with Gasteiger partial charge in [0.2, 0.25) is 0 Å². The van der Waals surface area contributed by atoms with E-state index in [1.54, 1.807) is 0 Å². The summed E-state index contributed by atoms with van der Waals surface area (Å²) in [7, 11) is 0. The van der Waals surface area contributed by atoms with Gasteiger partial charge in [0.15, 0.2) is 0 Å². The van der Waals surface area contributed by atoms with Crippen molar-refractivity contribution in [2.45, 2.75) is 12.8 Å². The molecule has 1 aliphatic carbocycles. The van der Waals surface area contributed by atoms with Gasteiger partial charge < -0.3 is 9.88 Å². The van der Waals surface area contributed by atoms with E-state index in [1.807, 2.05) is 0 Å². The number of fused-ring (bicyclic) bond motifs is 7. The second-order valence-electron chi connectivity index (χ2n) is 12.6. The van der Waals surface area contributed by atoms with E-state index in [1.165, 1.54) is 71.3 Å². The van der Waals surface area contributed by atoms with Gasteiger partial charge in [0.25, 0.3) is 0 Å². The highest BCUT2D eigenvalue weighted by atomic mass is 15.0. The van der Waals surface area contributed by atoms with E-state index in [-0.39, 0.29) is 0 Å². The van der Waals surface area contributed by atoms with Crippen LogP contribution in [-0.2, 0) is 0 Å². The lowest BCUT2D eigenvalue weighted by atomic mass is 9.92. The monoisotopic (exact) mass is 602 g/mol. The standard InChI is InChI=1S/C45H34N2/c1-30-19-20-31(25-26-46-42-17-9-7-13-37(30)42)32-21-22-34-28-35(24-23-33(34)27-32)41-29-44-45(39-15-6-5-14-38(39)41)40-16-8-10-18-43(40)47(44)36-11-3-2-4-12-36/h2-3,5-11,13-25,27-29,46H,1,4,12,26H2/b20-19-,31-25+. The number of para-hydroxylation sites is 2. The van der Waals surface area contributed by atoms with Crippen molar-refractivity contribution in [3.63, 3.8) is 0 Å². The fraction of sp³-hybridized carbons (Fsp3) is 0.0667. The molecular weight excluding hydrogens is 569 g/mol. The van der Waals surface area contributed by atoms with Crippen LogP contribution in [-0.4, -0.2) is 11.1 Å². The third-order valence-corrected chi connectivity index (χ3v) is 9.79. The Labute approximate surface area is 275 Å². The van der Waals surface area contributed by atoms with Crippen molar-refractivity contribution in [3.05, 3.63) is 169 Å². The SMILES string of the molecule is C=C1/C=C\C(c2ccc3cc(-c4cc5c(c6ccccc46)c4ccccc4n5C4=CC=CCC4)ccc3c2)=C/CNc2ccccc21. The molecule has 0 saturated heterocycles. The van der Waals surface area contributed by atoms with E-state index in [4.69, 9.17) is 0 Å². The first-order chi connectivity index (χ1) is 23.2. The maximum Gasteiger partial charge on any atom is 0.0550 e. The van der Waals surface area contributed by atoms with Crippen LogP contribution >= 0.6 is 0 Å². The fourth-order valence-electron chi connectivity index (χ4n) is 7.50. The molecule has 2 heterocycles. The van der Waals surface area contributed by atoms with Crippen LogP contribution in [0.1, 0.15) is 24.0 Å². The fourth-order valence-corrected chi connectivity index (χ4v) is 7.50. The molecule has 47 heavy (non-hydrogen) atoms. The number of nitrogens with one attached hydrogen (secondary N) is 1. The maximum atomic E-state index is 4.34. The zero-order valence-corrected chi connectivity index (χ0v) is 26.2. The van der Waals surface area contributed by atoms with Gasteiger partial charge in [-0.2, -0.15) is 0 Å². The number of benzene rings is 6. The average molecular weight is 603 g/mol. The third kappa shape index (κ3) is 4.64. The Kier molecular flexibility index (Phi) is 6.53. The molecule has 1 aromatic heterocycles. The number of nitrogens with zero attached hydrogens (tertiary/aromatic N) is 1. The van der Waals surface area contributed by atoms with Crippen molar-refractivity contribution in [1.29, 1.82) is 0 Å². The third-order valence-electron chi connectivity index (χ3n) is 9.79. The summed E-state index contributed by atoms with van der Waals surface area (Å²) in [6, 6.07) is 42.3. The molecule has 2 nitrogen and oxygen atoms in total. The zero-order chi connectivity index (χ0) is 31.3. The van der Waals surface area contributed by atoms with E-state index in [0.717, 1.165) is 36.2 Å². The molecule has 0 saturated carbocycles. The number of anilines is 1. The molecule has 1 N–H and O–H groups in total. The summed E-state index contributed by atoms with van der Waals surface area (Å²) in [5.41, 5.74) is 12.0. The van der Waals surface area contributed by atoms with Gasteiger partial charge in [-0.15, -0.1) is 0 Å². The Morgan fingerprint density at radius 2 is 1.38 bits per heavy atom. The Balaban J connectivity index is 1.17. The van der Waals surface area contributed by atoms with Gasteiger partial charge in [0.1, 0.15) is 0 Å². The number of aromatic nitrogens is 1. The second kappa shape index (κ2) is 11.2. The van der Waals surface area contributed by atoms with Crippen molar-refractivity contribution >= 4 is 65.9 Å². The Bertz CT molecular complexity index is 2530. The Hall–Kier alpha value is -5.86. The molecule has 0 unspecified atom stereocenters. The maximum absolute atomic E-state index is 4.34. The summed E-state index contributed by atoms with van der Waals surface area (Å²) < 4.78 is 2.50. The van der Waals surface area contributed by atoms with Crippen LogP contribution in [0, 0.1) is 0 Å². The molecule has 2 aliphatic rings. The average Bonchev–Trinajstić information content (AvgIpc) is 3.50. The minimum atomic E-state index is 0.750. The van der Waals surface area contributed by atoms with Gasteiger partial charge in [-0.1, -0.05) is 122 Å². The second-order valence-corrected chi connectivity index (χ2v) is 12.6. The van der Waals surface area contributed by atoms with Crippen LogP contribution in [0.3, 0.4) is 0 Å². The first-order valence-electron chi connectivity index (χ1n) is 16.5. The van der Waals surface area contributed by atoms with Crippen molar-refractivity contribution in [2.75, 3.05) is 11.9 Å². The molecule has 7 aromatic rings. The van der Waals surface area contributed by atoms with Crippen molar-refractivity contribution in [2.24, 2.45) is 0 Å². The predicted molar refractivity (Wildman–Crippen MR) is 204 cm³/mol. The van der Waals surface area contributed by atoms with Crippen molar-refractivity contribution < 1.29 is 0 Å². The van der Waals surface area contributed by atoms with E-state index in [9.17, 15) is 0 Å². The van der Waals surface area contributed by atoms with Crippen LogP contribution in [0.4, 0.5) is 5.69 Å². The molecule has 0 spiro atoms. The summed E-state index contributed by atoms with van der Waals surface area (Å²) in [6.45, 7) is 5.09. The number of allylic oxidation sites excluding steroid dienone is 8. The van der Waals surface area contributed by atoms with Crippen LogP contribution in [0.2, 0.25) is 0 Å². The first kappa shape index (κ1) is 27.5. The van der Waals surface area contributed by atoms with Crippen LogP contribution in [0.5, 0.6) is 0 Å². The predicted octanol–water partition coefficient (Wildman–Crippen LogP) is 12.0. The highest BCUT2D eigenvalue weighted by molar-refractivity contribution is 6.24. The molecule has 0 fully saturated rings. The normalized spacial score (nSPS) is 16.6. The van der Waals surface area contributed by atoms with E-state index in [0.29, 0.717) is 0 Å². The van der Waals surface area contributed by atoms with Gasteiger partial charge in [-0.25, -0.2) is 0 Å². The largest absolute Gasteiger partial charge is 0.381 e. The van der Waals surface area contributed by atoms with Crippen molar-refractivity contribution in [1.82, 2.24) is 4.57 Å². The number of hydrogen-bond acceptors (Lipinski definition) is 1. The van der Waals surface area contributed by atoms with Crippen LogP contribution < -0.4 is 5.32 Å².